The highest BCUT2D eigenvalue weighted by Crippen LogP contribution is 2.26. The van der Waals surface area contributed by atoms with Gasteiger partial charge in [0.15, 0.2) is 5.13 Å². The Morgan fingerprint density at radius 2 is 2.14 bits per heavy atom. The molecule has 1 atom stereocenters. The third kappa shape index (κ3) is 4.26. The second-order valence-electron chi connectivity index (χ2n) is 5.06. The van der Waals surface area contributed by atoms with Crippen LogP contribution in [0.15, 0.2) is 18.2 Å². The molecule has 0 aliphatic rings. The summed E-state index contributed by atoms with van der Waals surface area (Å²) in [4.78, 5) is 27.2. The Bertz CT molecular complexity index is 666. The van der Waals surface area contributed by atoms with E-state index in [2.05, 4.69) is 15.6 Å². The number of nitrogens with one attached hydrogen (secondary N) is 2. The summed E-state index contributed by atoms with van der Waals surface area (Å²) in [5.41, 5.74) is 1.77. The van der Waals surface area contributed by atoms with Gasteiger partial charge < -0.3 is 10.6 Å². The molecular weight excluding hydrogens is 286 g/mol. The lowest BCUT2D eigenvalue weighted by atomic mass is 10.1. The minimum Gasteiger partial charge on any atom is -0.353 e. The Hall–Kier alpha value is -1.95. The Kier molecular flexibility index (Phi) is 4.90. The molecule has 1 aromatic carbocycles. The SMILES string of the molecule is CCC(C)NC(=O)Cc1ccc2nc(NC(C)=O)sc2c1. The molecule has 0 radical (unpaired) electrons. The monoisotopic (exact) mass is 305 g/mol. The van der Waals surface area contributed by atoms with Crippen LogP contribution in [0.3, 0.4) is 0 Å². The summed E-state index contributed by atoms with van der Waals surface area (Å²) in [6.07, 6.45) is 1.27. The summed E-state index contributed by atoms with van der Waals surface area (Å²) in [6, 6.07) is 5.92. The molecule has 21 heavy (non-hydrogen) atoms. The molecule has 1 heterocycles. The number of thiazole rings is 1. The van der Waals surface area contributed by atoms with Crippen molar-refractivity contribution in [2.24, 2.45) is 0 Å². The molecule has 6 heteroatoms. The van der Waals surface area contributed by atoms with Crippen LogP contribution in [0.25, 0.3) is 10.2 Å². The van der Waals surface area contributed by atoms with Crippen LogP contribution in [0.1, 0.15) is 32.8 Å². The number of rotatable bonds is 5. The third-order valence-electron chi connectivity index (χ3n) is 3.12. The zero-order chi connectivity index (χ0) is 15.4. The van der Waals surface area contributed by atoms with Gasteiger partial charge in [-0.3, -0.25) is 9.59 Å². The van der Waals surface area contributed by atoms with Gasteiger partial charge in [-0.05, 0) is 31.0 Å². The van der Waals surface area contributed by atoms with Crippen LogP contribution < -0.4 is 10.6 Å². The number of carbonyl (C=O) groups is 2. The van der Waals surface area contributed by atoms with Crippen molar-refractivity contribution in [2.45, 2.75) is 39.7 Å². The first-order valence-electron chi connectivity index (χ1n) is 6.94. The Balaban J connectivity index is 2.11. The van der Waals surface area contributed by atoms with E-state index in [4.69, 9.17) is 0 Å². The Labute approximate surface area is 127 Å². The summed E-state index contributed by atoms with van der Waals surface area (Å²) in [7, 11) is 0. The van der Waals surface area contributed by atoms with E-state index in [9.17, 15) is 9.59 Å². The molecule has 5 nitrogen and oxygen atoms in total. The maximum Gasteiger partial charge on any atom is 0.224 e. The fourth-order valence-electron chi connectivity index (χ4n) is 1.90. The van der Waals surface area contributed by atoms with Crippen molar-refractivity contribution in [3.63, 3.8) is 0 Å². The molecule has 0 saturated heterocycles. The van der Waals surface area contributed by atoms with Crippen LogP contribution in [0.5, 0.6) is 0 Å². The standard InChI is InChI=1S/C15H19N3O2S/c1-4-9(2)16-14(20)8-11-5-6-12-13(7-11)21-15(18-12)17-10(3)19/h5-7,9H,4,8H2,1-3H3,(H,16,20)(H,17,18,19). The van der Waals surface area contributed by atoms with Crippen LogP contribution in [-0.2, 0) is 16.0 Å². The Morgan fingerprint density at radius 3 is 2.81 bits per heavy atom. The van der Waals surface area contributed by atoms with Gasteiger partial charge >= 0.3 is 0 Å². The van der Waals surface area contributed by atoms with Crippen molar-refractivity contribution in [2.75, 3.05) is 5.32 Å². The number of benzene rings is 1. The van der Waals surface area contributed by atoms with E-state index in [1.165, 1.54) is 18.3 Å². The maximum atomic E-state index is 11.9. The lowest BCUT2D eigenvalue weighted by molar-refractivity contribution is -0.121. The molecule has 1 unspecified atom stereocenters. The van der Waals surface area contributed by atoms with E-state index in [0.29, 0.717) is 11.6 Å². The fraction of sp³-hybridized carbons (Fsp3) is 0.400. The summed E-state index contributed by atoms with van der Waals surface area (Å²) in [5.74, 6) is -0.113. The van der Waals surface area contributed by atoms with Crippen molar-refractivity contribution in [3.05, 3.63) is 23.8 Å². The molecule has 2 N–H and O–H groups in total. The molecule has 0 saturated carbocycles. The van der Waals surface area contributed by atoms with Crippen LogP contribution >= 0.6 is 11.3 Å². The number of hydrogen-bond donors (Lipinski definition) is 2. The van der Waals surface area contributed by atoms with Crippen molar-refractivity contribution in [3.8, 4) is 0 Å². The predicted octanol–water partition coefficient (Wildman–Crippen LogP) is 2.71. The Morgan fingerprint density at radius 1 is 1.38 bits per heavy atom. The van der Waals surface area contributed by atoms with E-state index < -0.39 is 0 Å². The van der Waals surface area contributed by atoms with Crippen LogP contribution in [0, 0.1) is 0 Å². The zero-order valence-corrected chi connectivity index (χ0v) is 13.2. The molecule has 0 bridgehead atoms. The average Bonchev–Trinajstić information content (AvgIpc) is 2.78. The van der Waals surface area contributed by atoms with Crippen LogP contribution in [0.4, 0.5) is 5.13 Å². The zero-order valence-electron chi connectivity index (χ0n) is 12.4. The molecular formula is C15H19N3O2S. The molecule has 0 spiro atoms. The number of fused-ring (bicyclic) bond motifs is 1. The minimum absolute atomic E-state index is 0.0234. The molecule has 0 aliphatic carbocycles. The molecule has 0 fully saturated rings. The molecule has 1 aromatic heterocycles. The van der Waals surface area contributed by atoms with Gasteiger partial charge in [-0.25, -0.2) is 4.98 Å². The van der Waals surface area contributed by atoms with Gasteiger partial charge in [-0.1, -0.05) is 24.3 Å². The van der Waals surface area contributed by atoms with Gasteiger partial charge in [0.05, 0.1) is 16.6 Å². The lowest BCUT2D eigenvalue weighted by Crippen LogP contribution is -2.33. The summed E-state index contributed by atoms with van der Waals surface area (Å²) >= 11 is 1.41. The van der Waals surface area contributed by atoms with Crippen LogP contribution in [0.2, 0.25) is 0 Å². The van der Waals surface area contributed by atoms with Gasteiger partial charge in [0.1, 0.15) is 0 Å². The van der Waals surface area contributed by atoms with Crippen molar-refractivity contribution < 1.29 is 9.59 Å². The number of hydrogen-bond acceptors (Lipinski definition) is 4. The van der Waals surface area contributed by atoms with E-state index in [0.717, 1.165) is 22.2 Å². The molecule has 0 aliphatic heterocycles. The first kappa shape index (κ1) is 15.4. The van der Waals surface area contributed by atoms with Gasteiger partial charge in [-0.15, -0.1) is 0 Å². The first-order valence-corrected chi connectivity index (χ1v) is 7.76. The number of anilines is 1. The summed E-state index contributed by atoms with van der Waals surface area (Å²) < 4.78 is 0.965. The number of aromatic nitrogens is 1. The quantitative estimate of drug-likeness (QED) is 0.892. The van der Waals surface area contributed by atoms with Gasteiger partial charge in [-0.2, -0.15) is 0 Å². The van der Waals surface area contributed by atoms with Crippen molar-refractivity contribution in [1.29, 1.82) is 0 Å². The number of carbonyl (C=O) groups excluding carboxylic acids is 2. The maximum absolute atomic E-state index is 11.9. The average molecular weight is 305 g/mol. The van der Waals surface area contributed by atoms with Crippen molar-refractivity contribution >= 4 is 38.5 Å². The van der Waals surface area contributed by atoms with E-state index in [1.807, 2.05) is 32.0 Å². The van der Waals surface area contributed by atoms with Crippen molar-refractivity contribution in [1.82, 2.24) is 10.3 Å². The molecule has 112 valence electrons. The minimum atomic E-state index is -0.137. The summed E-state index contributed by atoms with van der Waals surface area (Å²) in [6.45, 7) is 5.48. The summed E-state index contributed by atoms with van der Waals surface area (Å²) in [5, 5.41) is 6.21. The van der Waals surface area contributed by atoms with Crippen LogP contribution in [-0.4, -0.2) is 22.8 Å². The predicted molar refractivity (Wildman–Crippen MR) is 85.5 cm³/mol. The lowest BCUT2D eigenvalue weighted by Gasteiger charge is -2.11. The van der Waals surface area contributed by atoms with Gasteiger partial charge in [0, 0.05) is 13.0 Å². The number of nitrogens with zero attached hydrogens (tertiary/aromatic N) is 1. The van der Waals surface area contributed by atoms with Gasteiger partial charge in [0.25, 0.3) is 0 Å². The highest BCUT2D eigenvalue weighted by molar-refractivity contribution is 7.22. The van der Waals surface area contributed by atoms with E-state index in [1.54, 1.807) is 0 Å². The topological polar surface area (TPSA) is 71.1 Å². The number of amides is 2. The molecule has 2 amide bonds. The molecule has 2 rings (SSSR count). The first-order chi connectivity index (χ1) is 9.97. The fourth-order valence-corrected chi connectivity index (χ4v) is 2.87. The highest BCUT2D eigenvalue weighted by Gasteiger charge is 2.09. The normalized spacial score (nSPS) is 12.1. The smallest absolute Gasteiger partial charge is 0.224 e. The third-order valence-corrected chi connectivity index (χ3v) is 4.05. The van der Waals surface area contributed by atoms with E-state index in [-0.39, 0.29) is 17.9 Å². The van der Waals surface area contributed by atoms with Gasteiger partial charge in [0.2, 0.25) is 11.8 Å². The largest absolute Gasteiger partial charge is 0.353 e. The second kappa shape index (κ2) is 6.67. The molecule has 2 aromatic rings. The highest BCUT2D eigenvalue weighted by atomic mass is 32.1. The van der Waals surface area contributed by atoms with E-state index >= 15 is 0 Å². The second-order valence-corrected chi connectivity index (χ2v) is 6.09.